The molecule has 0 saturated heterocycles. The molecule has 0 bridgehead atoms. The van der Waals surface area contributed by atoms with Crippen molar-refractivity contribution in [1.82, 2.24) is 9.97 Å². The maximum absolute atomic E-state index is 5.67. The summed E-state index contributed by atoms with van der Waals surface area (Å²) in [6.45, 7) is 4.28. The monoisotopic (exact) mass is 289 g/mol. The molecule has 2 N–H and O–H groups in total. The molecule has 1 aromatic heterocycles. The molecule has 0 fully saturated rings. The summed E-state index contributed by atoms with van der Waals surface area (Å²) in [5.41, 5.74) is 6.79. The first kappa shape index (κ1) is 14.2. The summed E-state index contributed by atoms with van der Waals surface area (Å²) in [6.07, 6.45) is 0. The number of ether oxygens (including phenoxy) is 2. The van der Waals surface area contributed by atoms with Crippen LogP contribution in [0.2, 0.25) is 0 Å². The molecule has 1 heterocycles. The first-order chi connectivity index (χ1) is 9.60. The molecule has 0 aliphatic rings. The van der Waals surface area contributed by atoms with Gasteiger partial charge in [0.1, 0.15) is 10.7 Å². The molecule has 5 nitrogen and oxygen atoms in total. The summed E-state index contributed by atoms with van der Waals surface area (Å²) >= 11 is 4.92. The fourth-order valence-corrected chi connectivity index (χ4v) is 1.73. The number of benzene rings is 1. The molecule has 2 rings (SSSR count). The first-order valence-electron chi connectivity index (χ1n) is 6.15. The van der Waals surface area contributed by atoms with Crippen LogP contribution in [0.1, 0.15) is 18.3 Å². The van der Waals surface area contributed by atoms with Gasteiger partial charge in [0.25, 0.3) is 0 Å². The van der Waals surface area contributed by atoms with E-state index >= 15 is 0 Å². The molecule has 0 aliphatic heterocycles. The van der Waals surface area contributed by atoms with E-state index in [-0.39, 0.29) is 11.0 Å². The van der Waals surface area contributed by atoms with E-state index in [4.69, 9.17) is 27.4 Å². The van der Waals surface area contributed by atoms with Gasteiger partial charge in [-0.1, -0.05) is 24.4 Å². The fraction of sp³-hybridized carbons (Fsp3) is 0.214. The van der Waals surface area contributed by atoms with Crippen molar-refractivity contribution in [1.29, 1.82) is 0 Å². The van der Waals surface area contributed by atoms with Gasteiger partial charge in [-0.05, 0) is 32.0 Å². The minimum Gasteiger partial charge on any atom is -0.490 e. The van der Waals surface area contributed by atoms with Crippen LogP contribution in [-0.2, 0) is 0 Å². The highest BCUT2D eigenvalue weighted by Crippen LogP contribution is 2.29. The summed E-state index contributed by atoms with van der Waals surface area (Å²) < 4.78 is 11.2. The lowest BCUT2D eigenvalue weighted by atomic mass is 10.3. The number of nitrogens with zero attached hydrogens (tertiary/aromatic N) is 2. The molecule has 104 valence electrons. The number of nitrogens with two attached hydrogens (primary N) is 1. The van der Waals surface area contributed by atoms with Crippen LogP contribution >= 0.6 is 12.2 Å². The number of hydrogen-bond acceptors (Lipinski definition) is 5. The van der Waals surface area contributed by atoms with Gasteiger partial charge in [-0.3, -0.25) is 0 Å². The van der Waals surface area contributed by atoms with E-state index < -0.39 is 0 Å². The van der Waals surface area contributed by atoms with Crippen LogP contribution in [0.5, 0.6) is 17.5 Å². The van der Waals surface area contributed by atoms with Crippen molar-refractivity contribution in [3.8, 4) is 17.5 Å². The lowest BCUT2D eigenvalue weighted by Gasteiger charge is -2.10. The van der Waals surface area contributed by atoms with Crippen molar-refractivity contribution in [3.63, 3.8) is 0 Å². The van der Waals surface area contributed by atoms with Gasteiger partial charge in [0.15, 0.2) is 11.5 Å². The number of aryl methyl sites for hydroxylation is 1. The smallest absolute Gasteiger partial charge is 0.322 e. The van der Waals surface area contributed by atoms with Gasteiger partial charge in [0.2, 0.25) is 0 Å². The summed E-state index contributed by atoms with van der Waals surface area (Å²) in [5, 5.41) is 0. The van der Waals surface area contributed by atoms with Crippen molar-refractivity contribution in [2.75, 3.05) is 6.61 Å². The molecule has 0 aliphatic carbocycles. The molecule has 2 aromatic rings. The Morgan fingerprint density at radius 1 is 1.25 bits per heavy atom. The van der Waals surface area contributed by atoms with Gasteiger partial charge in [0, 0.05) is 5.69 Å². The Morgan fingerprint density at radius 3 is 2.60 bits per heavy atom. The molecule has 0 radical (unpaired) electrons. The van der Waals surface area contributed by atoms with Crippen molar-refractivity contribution in [3.05, 3.63) is 41.7 Å². The van der Waals surface area contributed by atoms with Crippen LogP contribution in [0.3, 0.4) is 0 Å². The zero-order chi connectivity index (χ0) is 14.5. The molecule has 0 saturated carbocycles. The molecule has 6 heteroatoms. The maximum Gasteiger partial charge on any atom is 0.322 e. The second-order valence-corrected chi connectivity index (χ2v) is 4.46. The van der Waals surface area contributed by atoms with E-state index in [0.717, 1.165) is 5.69 Å². The minimum atomic E-state index is 0.194. The van der Waals surface area contributed by atoms with Crippen LogP contribution in [-0.4, -0.2) is 21.6 Å². The zero-order valence-electron chi connectivity index (χ0n) is 11.3. The van der Waals surface area contributed by atoms with Crippen LogP contribution in [0.25, 0.3) is 0 Å². The van der Waals surface area contributed by atoms with Gasteiger partial charge in [-0.15, -0.1) is 0 Å². The molecule has 0 unspecified atom stereocenters. The van der Waals surface area contributed by atoms with Gasteiger partial charge < -0.3 is 15.2 Å². The lowest BCUT2D eigenvalue weighted by Crippen LogP contribution is -2.13. The predicted molar refractivity (Wildman–Crippen MR) is 80.3 cm³/mol. The minimum absolute atomic E-state index is 0.194. The Morgan fingerprint density at radius 2 is 1.95 bits per heavy atom. The summed E-state index contributed by atoms with van der Waals surface area (Å²) in [5.74, 6) is 1.19. The Bertz CT molecular complexity index is 632. The molecule has 0 atom stereocenters. The molecule has 1 aromatic carbocycles. The van der Waals surface area contributed by atoms with E-state index in [2.05, 4.69) is 9.97 Å². The molecular formula is C14H15N3O2S. The normalized spacial score (nSPS) is 10.1. The maximum atomic E-state index is 5.67. The van der Waals surface area contributed by atoms with Crippen LogP contribution < -0.4 is 15.2 Å². The average molecular weight is 289 g/mol. The summed E-state index contributed by atoms with van der Waals surface area (Å²) in [4.78, 5) is 8.59. The standard InChI is InChI=1S/C14H15N3O2S/c1-3-18-11-6-4-5-7-12(11)19-14-16-9(2)8-10(17-14)13(15)20/h4-8H,3H2,1-2H3,(H2,15,20). The Balaban J connectivity index is 2.32. The van der Waals surface area contributed by atoms with Gasteiger partial charge >= 0.3 is 6.01 Å². The van der Waals surface area contributed by atoms with Crippen molar-refractivity contribution >= 4 is 17.2 Å². The highest BCUT2D eigenvalue weighted by molar-refractivity contribution is 7.80. The Labute approximate surface area is 122 Å². The highest BCUT2D eigenvalue weighted by atomic mass is 32.1. The second kappa shape index (κ2) is 6.29. The number of hydrogen-bond donors (Lipinski definition) is 1. The van der Waals surface area contributed by atoms with Gasteiger partial charge in [-0.2, -0.15) is 4.98 Å². The lowest BCUT2D eigenvalue weighted by molar-refractivity contribution is 0.317. The van der Waals surface area contributed by atoms with Crippen LogP contribution in [0, 0.1) is 6.92 Å². The summed E-state index contributed by atoms with van der Waals surface area (Å²) in [7, 11) is 0. The van der Waals surface area contributed by atoms with E-state index in [1.54, 1.807) is 12.1 Å². The third-order valence-electron chi connectivity index (χ3n) is 2.44. The van der Waals surface area contributed by atoms with E-state index in [1.165, 1.54) is 0 Å². The SMILES string of the molecule is CCOc1ccccc1Oc1nc(C)cc(C(N)=S)n1. The fourth-order valence-electron chi connectivity index (χ4n) is 1.62. The van der Waals surface area contributed by atoms with Crippen molar-refractivity contribution in [2.45, 2.75) is 13.8 Å². The van der Waals surface area contributed by atoms with E-state index in [9.17, 15) is 0 Å². The predicted octanol–water partition coefficient (Wildman–Crippen LogP) is 2.61. The van der Waals surface area contributed by atoms with Crippen molar-refractivity contribution in [2.24, 2.45) is 5.73 Å². The molecule has 20 heavy (non-hydrogen) atoms. The Kier molecular flexibility index (Phi) is 4.47. The zero-order valence-corrected chi connectivity index (χ0v) is 12.1. The second-order valence-electron chi connectivity index (χ2n) is 4.02. The van der Waals surface area contributed by atoms with E-state index in [0.29, 0.717) is 23.8 Å². The number of para-hydroxylation sites is 2. The molecular weight excluding hydrogens is 274 g/mol. The van der Waals surface area contributed by atoms with Crippen LogP contribution in [0.15, 0.2) is 30.3 Å². The Hall–Kier alpha value is -2.21. The number of rotatable bonds is 5. The number of aromatic nitrogens is 2. The first-order valence-corrected chi connectivity index (χ1v) is 6.56. The third kappa shape index (κ3) is 3.42. The highest BCUT2D eigenvalue weighted by Gasteiger charge is 2.10. The quantitative estimate of drug-likeness (QED) is 0.853. The average Bonchev–Trinajstić information content (AvgIpc) is 2.40. The largest absolute Gasteiger partial charge is 0.490 e. The van der Waals surface area contributed by atoms with Crippen LogP contribution in [0.4, 0.5) is 0 Å². The van der Waals surface area contributed by atoms with Gasteiger partial charge in [-0.25, -0.2) is 4.98 Å². The molecule has 0 spiro atoms. The van der Waals surface area contributed by atoms with Gasteiger partial charge in [0.05, 0.1) is 6.61 Å². The topological polar surface area (TPSA) is 70.3 Å². The molecule has 0 amide bonds. The summed E-state index contributed by atoms with van der Waals surface area (Å²) in [6, 6.07) is 9.24. The van der Waals surface area contributed by atoms with E-state index in [1.807, 2.05) is 32.0 Å². The third-order valence-corrected chi connectivity index (χ3v) is 2.65. The van der Waals surface area contributed by atoms with Crippen molar-refractivity contribution < 1.29 is 9.47 Å². The number of thiocarbonyl (C=S) groups is 1.